The van der Waals surface area contributed by atoms with E-state index in [2.05, 4.69) is 0 Å². The van der Waals surface area contributed by atoms with E-state index in [1.807, 2.05) is 0 Å². The lowest BCUT2D eigenvalue weighted by atomic mass is 9.74. The number of nitrogens with two attached hydrogens (primary N) is 1. The van der Waals surface area contributed by atoms with Crippen LogP contribution in [-0.4, -0.2) is 18.7 Å². The van der Waals surface area contributed by atoms with Crippen molar-refractivity contribution in [1.82, 2.24) is 0 Å². The van der Waals surface area contributed by atoms with Crippen molar-refractivity contribution in [2.24, 2.45) is 11.1 Å². The van der Waals surface area contributed by atoms with Crippen molar-refractivity contribution in [3.8, 4) is 5.75 Å². The molecule has 7 heteroatoms. The van der Waals surface area contributed by atoms with Crippen LogP contribution in [0.3, 0.4) is 0 Å². The maximum absolute atomic E-state index is 14.1. The number of rotatable bonds is 5. The number of carbonyl (C=O) groups is 1. The fraction of sp³-hybridized carbons (Fsp3) is 0.611. The molecule has 0 unspecified atom stereocenters. The summed E-state index contributed by atoms with van der Waals surface area (Å²) in [6.45, 7) is -0.522. The lowest BCUT2D eigenvalue weighted by molar-refractivity contribution is -0.243. The fourth-order valence-corrected chi connectivity index (χ4v) is 3.55. The van der Waals surface area contributed by atoms with Gasteiger partial charge in [-0.1, -0.05) is 19.3 Å². The molecule has 1 aromatic rings. The van der Waals surface area contributed by atoms with Crippen LogP contribution in [0.2, 0.25) is 0 Å². The Balaban J connectivity index is 1.87. The predicted octanol–water partition coefficient (Wildman–Crippen LogP) is 4.69. The Hall–Kier alpha value is -1.79. The molecule has 25 heavy (non-hydrogen) atoms. The van der Waals surface area contributed by atoms with Crippen molar-refractivity contribution in [2.75, 3.05) is 6.61 Å². The average Bonchev–Trinajstić information content (AvgIpc) is 3.37. The van der Waals surface area contributed by atoms with Gasteiger partial charge in [0.15, 0.2) is 0 Å². The summed E-state index contributed by atoms with van der Waals surface area (Å²) in [5.74, 6) is -1.58. The van der Waals surface area contributed by atoms with Crippen LogP contribution in [-0.2, 0) is 0 Å². The number of benzene rings is 1. The van der Waals surface area contributed by atoms with Crippen LogP contribution in [0.4, 0.5) is 17.6 Å². The van der Waals surface area contributed by atoms with E-state index >= 15 is 0 Å². The number of amides is 1. The van der Waals surface area contributed by atoms with Gasteiger partial charge in [0.25, 0.3) is 5.91 Å². The number of halogens is 4. The number of alkyl halides is 3. The summed E-state index contributed by atoms with van der Waals surface area (Å²) in [7, 11) is 0. The maximum atomic E-state index is 14.1. The first-order valence-electron chi connectivity index (χ1n) is 8.56. The van der Waals surface area contributed by atoms with Gasteiger partial charge in [0.1, 0.15) is 18.2 Å². The van der Waals surface area contributed by atoms with Crippen molar-refractivity contribution < 1.29 is 27.1 Å². The first-order chi connectivity index (χ1) is 11.7. The molecule has 0 spiro atoms. The molecule has 3 nitrogen and oxygen atoms in total. The summed E-state index contributed by atoms with van der Waals surface area (Å²) in [6.07, 6.45) is -0.837. The Morgan fingerprint density at radius 1 is 1.20 bits per heavy atom. The molecular formula is C18H21F4NO2. The van der Waals surface area contributed by atoms with Crippen molar-refractivity contribution in [2.45, 2.75) is 57.0 Å². The Kier molecular flexibility index (Phi) is 4.68. The van der Waals surface area contributed by atoms with E-state index in [9.17, 15) is 22.4 Å². The molecule has 1 aromatic carbocycles. The Bertz CT molecular complexity index is 662. The van der Waals surface area contributed by atoms with Gasteiger partial charge >= 0.3 is 6.18 Å². The molecule has 3 rings (SSSR count). The molecule has 0 radical (unpaired) electrons. The number of primary amides is 1. The Morgan fingerprint density at radius 3 is 2.36 bits per heavy atom. The van der Waals surface area contributed by atoms with Crippen molar-refractivity contribution in [1.29, 1.82) is 0 Å². The number of carbonyl (C=O) groups excluding carboxylic acids is 1. The van der Waals surface area contributed by atoms with Gasteiger partial charge in [-0.3, -0.25) is 4.79 Å². The van der Waals surface area contributed by atoms with Crippen LogP contribution in [0.15, 0.2) is 12.1 Å². The number of hydrogen-bond acceptors (Lipinski definition) is 2. The van der Waals surface area contributed by atoms with Gasteiger partial charge in [-0.05, 0) is 43.2 Å². The molecule has 0 atom stereocenters. The van der Waals surface area contributed by atoms with E-state index in [0.29, 0.717) is 18.4 Å². The van der Waals surface area contributed by atoms with Crippen LogP contribution < -0.4 is 10.5 Å². The summed E-state index contributed by atoms with van der Waals surface area (Å²) >= 11 is 0. The van der Waals surface area contributed by atoms with E-state index < -0.39 is 29.9 Å². The average molecular weight is 359 g/mol. The van der Waals surface area contributed by atoms with Crippen LogP contribution in [0.25, 0.3) is 0 Å². The van der Waals surface area contributed by atoms with Gasteiger partial charge in [0.05, 0.1) is 11.0 Å². The second-order valence-electron chi connectivity index (χ2n) is 7.14. The fourth-order valence-electron chi connectivity index (χ4n) is 3.55. The zero-order valence-electron chi connectivity index (χ0n) is 13.8. The number of ether oxygens (including phenoxy) is 1. The second kappa shape index (κ2) is 6.50. The molecule has 1 amide bonds. The molecule has 2 fully saturated rings. The van der Waals surface area contributed by atoms with Crippen molar-refractivity contribution >= 4 is 5.91 Å². The zero-order chi connectivity index (χ0) is 18.2. The topological polar surface area (TPSA) is 52.3 Å². The van der Waals surface area contributed by atoms with E-state index in [0.717, 1.165) is 25.3 Å². The van der Waals surface area contributed by atoms with Gasteiger partial charge in [-0.15, -0.1) is 0 Å². The molecule has 2 N–H and O–H groups in total. The van der Waals surface area contributed by atoms with Crippen LogP contribution in [0.1, 0.15) is 66.8 Å². The Morgan fingerprint density at radius 2 is 1.84 bits per heavy atom. The lowest BCUT2D eigenvalue weighted by Crippen LogP contribution is -2.44. The maximum Gasteiger partial charge on any atom is 0.397 e. The van der Waals surface area contributed by atoms with E-state index in [1.54, 1.807) is 0 Å². The summed E-state index contributed by atoms with van der Waals surface area (Å²) < 4.78 is 60.4. The largest absolute Gasteiger partial charge is 0.492 e. The molecule has 0 aliphatic heterocycles. The molecule has 0 bridgehead atoms. The molecule has 0 aromatic heterocycles. The second-order valence-corrected chi connectivity index (χ2v) is 7.14. The predicted molar refractivity (Wildman–Crippen MR) is 84.0 cm³/mol. The van der Waals surface area contributed by atoms with Gasteiger partial charge in [0.2, 0.25) is 0 Å². The minimum absolute atomic E-state index is 0.0249. The summed E-state index contributed by atoms with van der Waals surface area (Å²) in [5.41, 5.74) is 3.59. The summed E-state index contributed by atoms with van der Waals surface area (Å²) in [4.78, 5) is 11.3. The van der Waals surface area contributed by atoms with E-state index in [1.165, 1.54) is 6.07 Å². The molecule has 2 aliphatic carbocycles. The summed E-state index contributed by atoms with van der Waals surface area (Å²) in [6, 6.07) is 2.33. The molecular weight excluding hydrogens is 338 g/mol. The van der Waals surface area contributed by atoms with E-state index in [-0.39, 0.29) is 30.1 Å². The zero-order valence-corrected chi connectivity index (χ0v) is 13.8. The molecule has 138 valence electrons. The third-order valence-corrected chi connectivity index (χ3v) is 5.30. The van der Waals surface area contributed by atoms with Crippen LogP contribution in [0.5, 0.6) is 5.75 Å². The highest BCUT2D eigenvalue weighted by atomic mass is 19.4. The van der Waals surface area contributed by atoms with Gasteiger partial charge in [-0.2, -0.15) is 13.2 Å². The first-order valence-corrected chi connectivity index (χ1v) is 8.56. The quantitative estimate of drug-likeness (QED) is 0.775. The SMILES string of the molecule is NC(=O)c1cc(C2CC2)c(OCC2(C(F)(F)F)CCCCC2)cc1F. The lowest BCUT2D eigenvalue weighted by Gasteiger charge is -2.38. The molecule has 2 saturated carbocycles. The number of hydrogen-bond donors (Lipinski definition) is 1. The highest BCUT2D eigenvalue weighted by Gasteiger charge is 2.55. The minimum atomic E-state index is -4.36. The molecule has 0 heterocycles. The smallest absolute Gasteiger partial charge is 0.397 e. The molecule has 2 aliphatic rings. The van der Waals surface area contributed by atoms with Gasteiger partial charge in [0, 0.05) is 6.07 Å². The van der Waals surface area contributed by atoms with Crippen molar-refractivity contribution in [3.05, 3.63) is 29.1 Å². The third kappa shape index (κ3) is 3.60. The first kappa shape index (κ1) is 18.0. The Labute approximate surface area is 143 Å². The highest BCUT2D eigenvalue weighted by Crippen LogP contribution is 2.50. The van der Waals surface area contributed by atoms with Crippen LogP contribution >= 0.6 is 0 Å². The monoisotopic (exact) mass is 359 g/mol. The van der Waals surface area contributed by atoms with Gasteiger partial charge in [-0.25, -0.2) is 4.39 Å². The van der Waals surface area contributed by atoms with Crippen molar-refractivity contribution in [3.63, 3.8) is 0 Å². The molecule has 0 saturated heterocycles. The third-order valence-electron chi connectivity index (χ3n) is 5.30. The standard InChI is InChI=1S/C18H21F4NO2/c19-14-9-15(12(11-4-5-11)8-13(14)16(23)24)25-10-17(18(20,21)22)6-2-1-3-7-17/h8-9,11H,1-7,10H2,(H2,23,24). The van der Waals surface area contributed by atoms with Gasteiger partial charge < -0.3 is 10.5 Å². The van der Waals surface area contributed by atoms with Crippen LogP contribution in [0, 0.1) is 11.2 Å². The summed E-state index contributed by atoms with van der Waals surface area (Å²) in [5, 5.41) is 0. The highest BCUT2D eigenvalue weighted by molar-refractivity contribution is 5.93. The minimum Gasteiger partial charge on any atom is -0.492 e. The normalized spacial score (nSPS) is 20.3. The van der Waals surface area contributed by atoms with E-state index in [4.69, 9.17) is 10.5 Å².